The Labute approximate surface area is 158 Å². The third-order valence-electron chi connectivity index (χ3n) is 5.53. The van der Waals surface area contributed by atoms with Crippen molar-refractivity contribution >= 4 is 12.4 Å². The summed E-state index contributed by atoms with van der Waals surface area (Å²) in [5.41, 5.74) is 4.93. The quantitative estimate of drug-likeness (QED) is 0.840. The van der Waals surface area contributed by atoms with Crippen LogP contribution < -0.4 is 0 Å². The zero-order valence-electron chi connectivity index (χ0n) is 15.5. The van der Waals surface area contributed by atoms with E-state index in [1.165, 1.54) is 16.7 Å². The van der Waals surface area contributed by atoms with Gasteiger partial charge < -0.3 is 10.0 Å². The molecule has 0 radical (unpaired) electrons. The number of nitrogens with zero attached hydrogens (tertiary/aromatic N) is 1. The molecule has 0 amide bonds. The highest BCUT2D eigenvalue weighted by atomic mass is 35.5. The molecular weight excluding hydrogens is 330 g/mol. The van der Waals surface area contributed by atoms with Crippen LogP contribution in [-0.2, 0) is 0 Å². The van der Waals surface area contributed by atoms with E-state index in [-0.39, 0.29) is 18.3 Å². The molecule has 0 saturated carbocycles. The number of aliphatic hydroxyl groups is 1. The summed E-state index contributed by atoms with van der Waals surface area (Å²) in [6.45, 7) is 9.63. The Hall–Kier alpha value is -1.35. The number of aliphatic hydroxyl groups excluding tert-OH is 1. The van der Waals surface area contributed by atoms with Crippen molar-refractivity contribution in [3.05, 3.63) is 70.8 Å². The minimum absolute atomic E-state index is 0. The molecule has 1 heterocycles. The normalized spacial score (nSPS) is 22.2. The average molecular weight is 360 g/mol. The van der Waals surface area contributed by atoms with Crippen LogP contribution in [0.2, 0.25) is 0 Å². The summed E-state index contributed by atoms with van der Waals surface area (Å²) < 4.78 is 0. The fourth-order valence-corrected chi connectivity index (χ4v) is 3.88. The standard InChI is InChI=1S/C22H29NO.ClH/c1-4-23-14-13-20(22(24)19-11-7-17(3)8-12-19)21(15-23)18-9-5-16(2)6-10-18;/h5-12,20-22,24H,4,13-15H2,1-3H3;1H. The molecule has 2 nitrogen and oxygen atoms in total. The summed E-state index contributed by atoms with van der Waals surface area (Å²) in [6.07, 6.45) is 0.650. The van der Waals surface area contributed by atoms with Gasteiger partial charge in [0.1, 0.15) is 0 Å². The minimum atomic E-state index is -0.393. The van der Waals surface area contributed by atoms with E-state index in [1.807, 2.05) is 0 Å². The number of halogens is 1. The second kappa shape index (κ2) is 8.84. The number of likely N-dealkylation sites (N-methyl/N-ethyl adjacent to an activating group) is 1. The smallest absolute Gasteiger partial charge is 0.0825 e. The number of likely N-dealkylation sites (tertiary alicyclic amines) is 1. The summed E-state index contributed by atoms with van der Waals surface area (Å²) in [5.74, 6) is 0.661. The summed E-state index contributed by atoms with van der Waals surface area (Å²) in [6, 6.07) is 17.2. The summed E-state index contributed by atoms with van der Waals surface area (Å²) >= 11 is 0. The first kappa shape index (κ1) is 20.0. The Bertz CT molecular complexity index is 653. The van der Waals surface area contributed by atoms with Crippen LogP contribution in [-0.4, -0.2) is 29.6 Å². The highest BCUT2D eigenvalue weighted by Crippen LogP contribution is 2.40. The lowest BCUT2D eigenvalue weighted by molar-refractivity contribution is 0.0438. The van der Waals surface area contributed by atoms with Gasteiger partial charge in [-0.2, -0.15) is 0 Å². The Morgan fingerprint density at radius 3 is 2.12 bits per heavy atom. The van der Waals surface area contributed by atoms with E-state index in [4.69, 9.17) is 0 Å². The van der Waals surface area contributed by atoms with Gasteiger partial charge in [0.2, 0.25) is 0 Å². The van der Waals surface area contributed by atoms with Crippen LogP contribution in [0.5, 0.6) is 0 Å². The van der Waals surface area contributed by atoms with Gasteiger partial charge in [0.05, 0.1) is 6.10 Å². The monoisotopic (exact) mass is 359 g/mol. The van der Waals surface area contributed by atoms with Gasteiger partial charge in [-0.15, -0.1) is 12.4 Å². The van der Waals surface area contributed by atoms with Crippen molar-refractivity contribution in [1.29, 1.82) is 0 Å². The molecule has 3 heteroatoms. The first-order valence-corrected chi connectivity index (χ1v) is 9.12. The lowest BCUT2D eigenvalue weighted by Crippen LogP contribution is -2.41. The second-order valence-corrected chi connectivity index (χ2v) is 7.22. The molecule has 2 aromatic rings. The van der Waals surface area contributed by atoms with Crippen molar-refractivity contribution in [2.45, 2.75) is 39.2 Å². The zero-order chi connectivity index (χ0) is 17.1. The first-order chi connectivity index (χ1) is 11.6. The van der Waals surface area contributed by atoms with Crippen molar-refractivity contribution in [2.24, 2.45) is 5.92 Å². The van der Waals surface area contributed by atoms with E-state index in [0.717, 1.165) is 31.6 Å². The highest BCUT2D eigenvalue weighted by molar-refractivity contribution is 5.85. The van der Waals surface area contributed by atoms with E-state index in [9.17, 15) is 5.11 Å². The molecule has 1 aliphatic rings. The van der Waals surface area contributed by atoms with Gasteiger partial charge in [0.15, 0.2) is 0 Å². The molecule has 0 spiro atoms. The van der Waals surface area contributed by atoms with E-state index < -0.39 is 6.10 Å². The predicted octanol–water partition coefficient (Wildman–Crippen LogP) is 4.88. The molecule has 0 bridgehead atoms. The van der Waals surface area contributed by atoms with Crippen LogP contribution >= 0.6 is 12.4 Å². The van der Waals surface area contributed by atoms with Crippen molar-refractivity contribution in [3.63, 3.8) is 0 Å². The molecule has 1 fully saturated rings. The molecule has 0 aromatic heterocycles. The van der Waals surface area contributed by atoms with Crippen LogP contribution in [0.4, 0.5) is 0 Å². The largest absolute Gasteiger partial charge is 0.388 e. The molecule has 3 atom stereocenters. The van der Waals surface area contributed by atoms with Gasteiger partial charge in [-0.3, -0.25) is 0 Å². The second-order valence-electron chi connectivity index (χ2n) is 7.22. The predicted molar refractivity (Wildman–Crippen MR) is 108 cm³/mol. The fraction of sp³-hybridized carbons (Fsp3) is 0.455. The maximum Gasteiger partial charge on any atom is 0.0825 e. The maximum atomic E-state index is 11.1. The Morgan fingerprint density at radius 1 is 1.00 bits per heavy atom. The topological polar surface area (TPSA) is 23.5 Å². The number of benzene rings is 2. The summed E-state index contributed by atoms with van der Waals surface area (Å²) in [7, 11) is 0. The molecule has 1 saturated heterocycles. The molecule has 0 aliphatic carbocycles. The van der Waals surface area contributed by atoms with Crippen LogP contribution in [0.3, 0.4) is 0 Å². The Balaban J connectivity index is 0.00000225. The lowest BCUT2D eigenvalue weighted by atomic mass is 9.75. The van der Waals surface area contributed by atoms with Gasteiger partial charge >= 0.3 is 0 Å². The third kappa shape index (κ3) is 4.63. The number of hydrogen-bond donors (Lipinski definition) is 1. The fourth-order valence-electron chi connectivity index (χ4n) is 3.88. The minimum Gasteiger partial charge on any atom is -0.388 e. The zero-order valence-corrected chi connectivity index (χ0v) is 16.3. The van der Waals surface area contributed by atoms with Crippen LogP contribution in [0, 0.1) is 19.8 Å². The number of aryl methyl sites for hydroxylation is 2. The van der Waals surface area contributed by atoms with Gasteiger partial charge in [-0.1, -0.05) is 66.6 Å². The number of rotatable bonds is 4. The Kier molecular flexibility index (Phi) is 7.06. The van der Waals surface area contributed by atoms with Crippen molar-refractivity contribution < 1.29 is 5.11 Å². The third-order valence-corrected chi connectivity index (χ3v) is 5.53. The van der Waals surface area contributed by atoms with Gasteiger partial charge in [0.25, 0.3) is 0 Å². The molecule has 25 heavy (non-hydrogen) atoms. The van der Waals surface area contributed by atoms with Gasteiger partial charge in [0, 0.05) is 12.5 Å². The van der Waals surface area contributed by atoms with Crippen LogP contribution in [0.15, 0.2) is 48.5 Å². The van der Waals surface area contributed by atoms with Gasteiger partial charge in [-0.05, 0) is 50.4 Å². The molecule has 136 valence electrons. The SMILES string of the molecule is CCN1CCC(C(O)c2ccc(C)cc2)C(c2ccc(C)cc2)C1.Cl. The first-order valence-electron chi connectivity index (χ1n) is 9.12. The van der Waals surface area contributed by atoms with E-state index in [0.29, 0.717) is 5.92 Å². The molecule has 1 aliphatic heterocycles. The van der Waals surface area contributed by atoms with Crippen LogP contribution in [0.1, 0.15) is 47.6 Å². The van der Waals surface area contributed by atoms with E-state index in [2.05, 4.69) is 74.2 Å². The van der Waals surface area contributed by atoms with E-state index >= 15 is 0 Å². The average Bonchev–Trinajstić information content (AvgIpc) is 2.62. The van der Waals surface area contributed by atoms with Crippen molar-refractivity contribution in [1.82, 2.24) is 4.90 Å². The molecule has 3 unspecified atom stereocenters. The molecule has 1 N–H and O–H groups in total. The highest BCUT2D eigenvalue weighted by Gasteiger charge is 2.35. The molecular formula is C22H30ClNO. The number of piperidine rings is 1. The summed E-state index contributed by atoms with van der Waals surface area (Å²) in [5, 5.41) is 11.1. The molecule has 3 rings (SSSR count). The van der Waals surface area contributed by atoms with Crippen LogP contribution in [0.25, 0.3) is 0 Å². The Morgan fingerprint density at radius 2 is 1.56 bits per heavy atom. The van der Waals surface area contributed by atoms with Gasteiger partial charge in [-0.25, -0.2) is 0 Å². The van der Waals surface area contributed by atoms with Crippen molar-refractivity contribution in [3.8, 4) is 0 Å². The number of hydrogen-bond acceptors (Lipinski definition) is 2. The maximum absolute atomic E-state index is 11.1. The molecule has 2 aromatic carbocycles. The summed E-state index contributed by atoms with van der Waals surface area (Å²) in [4.78, 5) is 2.50. The van der Waals surface area contributed by atoms with Crippen molar-refractivity contribution in [2.75, 3.05) is 19.6 Å². The van der Waals surface area contributed by atoms with E-state index in [1.54, 1.807) is 0 Å². The lowest BCUT2D eigenvalue weighted by Gasteiger charge is -2.40.